The lowest BCUT2D eigenvalue weighted by Gasteiger charge is -2.31. The van der Waals surface area contributed by atoms with E-state index in [1.807, 2.05) is 18.2 Å². The number of carbonyl (C=O) groups is 2. The van der Waals surface area contributed by atoms with Crippen LogP contribution in [0, 0.1) is 0 Å². The number of carbonyl (C=O) groups excluding carboxylic acids is 2. The summed E-state index contributed by atoms with van der Waals surface area (Å²) in [6.07, 6.45) is 4.72. The van der Waals surface area contributed by atoms with E-state index in [9.17, 15) is 9.59 Å². The van der Waals surface area contributed by atoms with Crippen LogP contribution < -0.4 is 15.1 Å². The van der Waals surface area contributed by atoms with Gasteiger partial charge in [-0.1, -0.05) is 24.3 Å². The maximum Gasteiger partial charge on any atom is 0.251 e. The monoisotopic (exact) mass is 377 g/mol. The molecule has 2 aromatic carbocycles. The fourth-order valence-corrected chi connectivity index (χ4v) is 4.15. The highest BCUT2D eigenvalue weighted by atomic mass is 16.2. The van der Waals surface area contributed by atoms with Gasteiger partial charge in [0.2, 0.25) is 5.91 Å². The van der Waals surface area contributed by atoms with Crippen molar-refractivity contribution >= 4 is 23.2 Å². The molecule has 0 bridgehead atoms. The molecule has 2 amide bonds. The van der Waals surface area contributed by atoms with Crippen LogP contribution in [-0.2, 0) is 11.2 Å². The molecule has 4 rings (SSSR count). The van der Waals surface area contributed by atoms with Gasteiger partial charge in [0.05, 0.1) is 0 Å². The second-order valence-electron chi connectivity index (χ2n) is 7.53. The van der Waals surface area contributed by atoms with E-state index in [1.165, 1.54) is 17.7 Å². The SMILES string of the molecule is O=C(NCCCN1CCCc2ccccc21)c1cccc(N2CCCC2=O)c1. The average Bonchev–Trinajstić information content (AvgIpc) is 3.17. The summed E-state index contributed by atoms with van der Waals surface area (Å²) in [7, 11) is 0. The molecule has 0 radical (unpaired) electrons. The van der Waals surface area contributed by atoms with Gasteiger partial charge in [-0.05, 0) is 55.5 Å². The van der Waals surface area contributed by atoms with Crippen LogP contribution in [0.1, 0.15) is 41.6 Å². The molecule has 5 heteroatoms. The molecule has 2 aliphatic rings. The Balaban J connectivity index is 1.29. The highest BCUT2D eigenvalue weighted by molar-refractivity contribution is 5.99. The fourth-order valence-electron chi connectivity index (χ4n) is 4.15. The zero-order valence-electron chi connectivity index (χ0n) is 16.2. The van der Waals surface area contributed by atoms with Crippen molar-refractivity contribution < 1.29 is 9.59 Å². The maximum atomic E-state index is 12.5. The third-order valence-corrected chi connectivity index (χ3v) is 5.59. The van der Waals surface area contributed by atoms with Crippen molar-refractivity contribution in [2.24, 2.45) is 0 Å². The lowest BCUT2D eigenvalue weighted by molar-refractivity contribution is -0.117. The Morgan fingerprint density at radius 2 is 1.86 bits per heavy atom. The lowest BCUT2D eigenvalue weighted by atomic mass is 10.0. The number of hydrogen-bond donors (Lipinski definition) is 1. The van der Waals surface area contributed by atoms with Crippen molar-refractivity contribution in [2.45, 2.75) is 32.1 Å². The van der Waals surface area contributed by atoms with Gasteiger partial charge in [0.1, 0.15) is 0 Å². The average molecular weight is 377 g/mol. The van der Waals surface area contributed by atoms with Crippen LogP contribution in [0.3, 0.4) is 0 Å². The van der Waals surface area contributed by atoms with Gasteiger partial charge in [0.15, 0.2) is 0 Å². The number of nitrogens with zero attached hydrogens (tertiary/aromatic N) is 2. The van der Waals surface area contributed by atoms with Crippen molar-refractivity contribution in [1.29, 1.82) is 0 Å². The van der Waals surface area contributed by atoms with Crippen molar-refractivity contribution in [3.05, 3.63) is 59.7 Å². The third kappa shape index (κ3) is 4.03. The van der Waals surface area contributed by atoms with Crippen LogP contribution in [0.25, 0.3) is 0 Å². The van der Waals surface area contributed by atoms with E-state index in [0.717, 1.165) is 44.6 Å². The normalized spacial score (nSPS) is 16.2. The second kappa shape index (κ2) is 8.46. The van der Waals surface area contributed by atoms with Crippen molar-refractivity contribution in [1.82, 2.24) is 5.32 Å². The molecule has 28 heavy (non-hydrogen) atoms. The van der Waals surface area contributed by atoms with Crippen molar-refractivity contribution in [2.75, 3.05) is 36.0 Å². The Hall–Kier alpha value is -2.82. The molecule has 0 saturated carbocycles. The van der Waals surface area contributed by atoms with Crippen LogP contribution in [-0.4, -0.2) is 38.0 Å². The topological polar surface area (TPSA) is 52.7 Å². The van der Waals surface area contributed by atoms with Crippen LogP contribution in [0.5, 0.6) is 0 Å². The van der Waals surface area contributed by atoms with Gasteiger partial charge in [0, 0.05) is 49.5 Å². The standard InChI is InChI=1S/C23H27N3O2/c27-22-12-5-16-26(22)20-10-3-8-19(17-20)23(28)24-13-6-15-25-14-4-9-18-7-1-2-11-21(18)25/h1-3,7-8,10-11,17H,4-6,9,12-16H2,(H,24,28). The molecule has 0 spiro atoms. The number of fused-ring (bicyclic) bond motifs is 1. The van der Waals surface area contributed by atoms with E-state index in [0.29, 0.717) is 18.5 Å². The quantitative estimate of drug-likeness (QED) is 0.785. The second-order valence-corrected chi connectivity index (χ2v) is 7.53. The van der Waals surface area contributed by atoms with Crippen LogP contribution in [0.2, 0.25) is 0 Å². The van der Waals surface area contributed by atoms with Crippen LogP contribution >= 0.6 is 0 Å². The Morgan fingerprint density at radius 1 is 1.00 bits per heavy atom. The molecular weight excluding hydrogens is 350 g/mol. The molecule has 1 saturated heterocycles. The van der Waals surface area contributed by atoms with Crippen molar-refractivity contribution in [3.8, 4) is 0 Å². The first-order chi connectivity index (χ1) is 13.7. The number of benzene rings is 2. The minimum atomic E-state index is -0.0764. The van der Waals surface area contributed by atoms with Gasteiger partial charge in [-0.15, -0.1) is 0 Å². The number of para-hydroxylation sites is 1. The summed E-state index contributed by atoms with van der Waals surface area (Å²) in [5.74, 6) is 0.0620. The fraction of sp³-hybridized carbons (Fsp3) is 0.391. The van der Waals surface area contributed by atoms with E-state index in [4.69, 9.17) is 0 Å². The molecule has 1 N–H and O–H groups in total. The smallest absolute Gasteiger partial charge is 0.251 e. The van der Waals surface area contributed by atoms with E-state index in [2.05, 4.69) is 34.5 Å². The zero-order valence-corrected chi connectivity index (χ0v) is 16.2. The number of anilines is 2. The first kappa shape index (κ1) is 18.5. The van der Waals surface area contributed by atoms with Gasteiger partial charge in [-0.2, -0.15) is 0 Å². The lowest BCUT2D eigenvalue weighted by Crippen LogP contribution is -2.33. The van der Waals surface area contributed by atoms with Crippen molar-refractivity contribution in [3.63, 3.8) is 0 Å². The Morgan fingerprint density at radius 3 is 2.71 bits per heavy atom. The predicted molar refractivity (Wildman–Crippen MR) is 112 cm³/mol. The number of rotatable bonds is 6. The number of amides is 2. The molecule has 0 aliphatic carbocycles. The maximum absolute atomic E-state index is 12.5. The van der Waals surface area contributed by atoms with Gasteiger partial charge in [0.25, 0.3) is 5.91 Å². The largest absolute Gasteiger partial charge is 0.371 e. The Kier molecular flexibility index (Phi) is 5.60. The van der Waals surface area contributed by atoms with Crippen LogP contribution in [0.4, 0.5) is 11.4 Å². The molecule has 0 atom stereocenters. The summed E-state index contributed by atoms with van der Waals surface area (Å²) in [5.41, 5.74) is 4.19. The molecule has 1 fully saturated rings. The number of nitrogens with one attached hydrogen (secondary N) is 1. The first-order valence-corrected chi connectivity index (χ1v) is 10.2. The van der Waals surface area contributed by atoms with Crippen LogP contribution in [0.15, 0.2) is 48.5 Å². The molecule has 0 aromatic heterocycles. The Bertz CT molecular complexity index is 864. The molecule has 0 unspecified atom stereocenters. The number of hydrogen-bond acceptors (Lipinski definition) is 3. The molecular formula is C23H27N3O2. The van der Waals surface area contributed by atoms with Gasteiger partial charge in [-0.25, -0.2) is 0 Å². The summed E-state index contributed by atoms with van der Waals surface area (Å²) in [5, 5.41) is 3.02. The first-order valence-electron chi connectivity index (χ1n) is 10.2. The van der Waals surface area contributed by atoms with E-state index in [-0.39, 0.29) is 11.8 Å². The molecule has 146 valence electrons. The molecule has 2 heterocycles. The highest BCUT2D eigenvalue weighted by Crippen LogP contribution is 2.26. The molecule has 5 nitrogen and oxygen atoms in total. The minimum Gasteiger partial charge on any atom is -0.371 e. The Labute approximate surface area is 166 Å². The third-order valence-electron chi connectivity index (χ3n) is 5.59. The summed E-state index contributed by atoms with van der Waals surface area (Å²) < 4.78 is 0. The summed E-state index contributed by atoms with van der Waals surface area (Å²) >= 11 is 0. The van der Waals surface area contributed by atoms with E-state index in [1.54, 1.807) is 11.0 Å². The van der Waals surface area contributed by atoms with E-state index >= 15 is 0 Å². The van der Waals surface area contributed by atoms with Gasteiger partial charge < -0.3 is 15.1 Å². The molecule has 2 aliphatic heterocycles. The van der Waals surface area contributed by atoms with Gasteiger partial charge in [-0.3, -0.25) is 9.59 Å². The minimum absolute atomic E-state index is 0.0764. The van der Waals surface area contributed by atoms with Gasteiger partial charge >= 0.3 is 0 Å². The zero-order chi connectivity index (χ0) is 19.3. The predicted octanol–water partition coefficient (Wildman–Crippen LogP) is 3.39. The van der Waals surface area contributed by atoms with E-state index < -0.39 is 0 Å². The summed E-state index contributed by atoms with van der Waals surface area (Å²) in [6, 6.07) is 16.0. The number of aryl methyl sites for hydroxylation is 1. The summed E-state index contributed by atoms with van der Waals surface area (Å²) in [6.45, 7) is 3.40. The summed E-state index contributed by atoms with van der Waals surface area (Å²) in [4.78, 5) is 28.6. The molecule has 2 aromatic rings. The highest BCUT2D eigenvalue weighted by Gasteiger charge is 2.22.